The van der Waals surface area contributed by atoms with Gasteiger partial charge >= 0.3 is 12.1 Å². The molecule has 3 heterocycles. The number of nitrogens with zero attached hydrogens (tertiary/aromatic N) is 1. The molecule has 0 saturated carbocycles. The Morgan fingerprint density at radius 3 is 2.29 bits per heavy atom. The van der Waals surface area contributed by atoms with E-state index in [9.17, 15) is 19.5 Å². The smallest absolute Gasteiger partial charge is 0.408 e. The molecule has 220 valence electrons. The van der Waals surface area contributed by atoms with Crippen molar-refractivity contribution in [2.75, 3.05) is 19.6 Å². The lowest BCUT2D eigenvalue weighted by atomic mass is 9.86. The maximum atomic E-state index is 13.1. The number of amides is 2. The number of benzene rings is 3. The van der Waals surface area contributed by atoms with E-state index >= 15 is 0 Å². The number of piperidine rings is 3. The van der Waals surface area contributed by atoms with Crippen LogP contribution in [-0.4, -0.2) is 59.3 Å². The van der Waals surface area contributed by atoms with Crippen LogP contribution in [0.5, 0.6) is 5.75 Å². The molecule has 0 unspecified atom stereocenters. The van der Waals surface area contributed by atoms with Crippen molar-refractivity contribution in [1.29, 1.82) is 0 Å². The third-order valence-electron chi connectivity index (χ3n) is 8.02. The zero-order valence-corrected chi connectivity index (χ0v) is 23.9. The van der Waals surface area contributed by atoms with E-state index in [1.54, 1.807) is 24.3 Å². The number of hydrogen-bond donors (Lipinski definition) is 3. The molecule has 0 aromatic heterocycles. The highest BCUT2D eigenvalue weighted by molar-refractivity contribution is 5.97. The Morgan fingerprint density at radius 2 is 1.64 bits per heavy atom. The minimum Gasteiger partial charge on any atom is -0.489 e. The maximum Gasteiger partial charge on any atom is 0.408 e. The summed E-state index contributed by atoms with van der Waals surface area (Å²) in [5, 5.41) is 14.8. The zero-order valence-electron chi connectivity index (χ0n) is 23.9. The first-order chi connectivity index (χ1) is 20.2. The average molecular weight is 572 g/mol. The second-order valence-corrected chi connectivity index (χ2v) is 11.5. The molecule has 0 spiro atoms. The molecule has 3 aromatic rings. The fraction of sp³-hybridized carbons (Fsp3) is 0.364. The van der Waals surface area contributed by atoms with Crippen LogP contribution < -0.4 is 15.4 Å². The van der Waals surface area contributed by atoms with Gasteiger partial charge in [0.15, 0.2) is 0 Å². The van der Waals surface area contributed by atoms with Crippen LogP contribution >= 0.6 is 0 Å². The van der Waals surface area contributed by atoms with E-state index in [1.165, 1.54) is 13.8 Å². The van der Waals surface area contributed by atoms with Crippen LogP contribution in [0.4, 0.5) is 4.79 Å². The van der Waals surface area contributed by atoms with Crippen molar-refractivity contribution in [3.63, 3.8) is 0 Å². The Morgan fingerprint density at radius 1 is 0.952 bits per heavy atom. The van der Waals surface area contributed by atoms with Gasteiger partial charge in [0.2, 0.25) is 0 Å². The summed E-state index contributed by atoms with van der Waals surface area (Å²) in [4.78, 5) is 39.2. The second kappa shape index (κ2) is 12.7. The van der Waals surface area contributed by atoms with Gasteiger partial charge in [0.05, 0.1) is 6.04 Å². The summed E-state index contributed by atoms with van der Waals surface area (Å²) in [5.74, 6) is -0.522. The zero-order chi connectivity index (χ0) is 29.7. The summed E-state index contributed by atoms with van der Waals surface area (Å²) in [5.41, 5.74) is 1.61. The number of nitrogens with one attached hydrogen (secondary N) is 2. The monoisotopic (exact) mass is 571 g/mol. The van der Waals surface area contributed by atoms with Gasteiger partial charge in [-0.25, -0.2) is 9.59 Å². The van der Waals surface area contributed by atoms with Gasteiger partial charge in [-0.2, -0.15) is 0 Å². The van der Waals surface area contributed by atoms with Crippen molar-refractivity contribution >= 4 is 18.0 Å². The Bertz CT molecular complexity index is 1400. The van der Waals surface area contributed by atoms with Gasteiger partial charge in [-0.1, -0.05) is 54.6 Å². The third kappa shape index (κ3) is 7.09. The Hall–Kier alpha value is -4.37. The average Bonchev–Trinajstić information content (AvgIpc) is 3.00. The summed E-state index contributed by atoms with van der Waals surface area (Å²) in [6, 6.07) is 23.8. The number of aliphatic carboxylic acids is 1. The number of carboxylic acids is 1. The molecule has 0 aliphatic carbocycles. The Labute approximate surface area is 245 Å². The number of carbonyl (C=O) groups is 3. The molecule has 2 bridgehead atoms. The Balaban J connectivity index is 1.24. The lowest BCUT2D eigenvalue weighted by Gasteiger charge is -2.43. The predicted molar refractivity (Wildman–Crippen MR) is 157 cm³/mol. The number of fused-ring (bicyclic) bond motifs is 3. The molecule has 9 nitrogen and oxygen atoms in total. The highest BCUT2D eigenvalue weighted by atomic mass is 16.6. The SMILES string of the molecule is CC(C)(NC(=O)c1ccc(COc2cccc([C@@H](NC(=O)O[C@H]3CN4CCC3CC4)c3ccccc3)c2)cc1)C(=O)O. The molecule has 3 aliphatic rings. The lowest BCUT2D eigenvalue weighted by Crippen LogP contribution is -2.52. The van der Waals surface area contributed by atoms with Crippen LogP contribution in [0, 0.1) is 5.92 Å². The van der Waals surface area contributed by atoms with Crippen molar-refractivity contribution in [1.82, 2.24) is 15.5 Å². The fourth-order valence-corrected chi connectivity index (χ4v) is 5.45. The minimum absolute atomic E-state index is 0.0836. The normalized spacial score (nSPS) is 20.3. The van der Waals surface area contributed by atoms with Crippen LogP contribution in [0.15, 0.2) is 78.9 Å². The van der Waals surface area contributed by atoms with Crippen molar-refractivity contribution in [2.45, 2.75) is 51.0 Å². The summed E-state index contributed by atoms with van der Waals surface area (Å²) in [6.07, 6.45) is 1.63. The van der Waals surface area contributed by atoms with E-state index < -0.39 is 29.6 Å². The lowest BCUT2D eigenvalue weighted by molar-refractivity contribution is -0.143. The van der Waals surface area contributed by atoms with Gasteiger partial charge in [-0.15, -0.1) is 0 Å². The number of carbonyl (C=O) groups excluding carboxylic acids is 2. The van der Waals surface area contributed by atoms with Crippen molar-refractivity contribution in [3.05, 3.63) is 101 Å². The topological polar surface area (TPSA) is 117 Å². The van der Waals surface area contributed by atoms with Gasteiger partial charge < -0.3 is 25.2 Å². The fourth-order valence-electron chi connectivity index (χ4n) is 5.45. The van der Waals surface area contributed by atoms with E-state index in [1.807, 2.05) is 54.6 Å². The molecule has 2 atom stereocenters. The first-order valence-corrected chi connectivity index (χ1v) is 14.3. The first kappa shape index (κ1) is 29.1. The molecule has 2 amide bonds. The maximum absolute atomic E-state index is 13.1. The Kier molecular flexibility index (Phi) is 8.77. The molecule has 0 radical (unpaired) electrons. The molecule has 42 heavy (non-hydrogen) atoms. The third-order valence-corrected chi connectivity index (χ3v) is 8.02. The number of carboxylic acid groups (broad SMARTS) is 1. The van der Waals surface area contributed by atoms with Crippen molar-refractivity contribution < 1.29 is 29.0 Å². The van der Waals surface area contributed by atoms with E-state index in [2.05, 4.69) is 15.5 Å². The van der Waals surface area contributed by atoms with E-state index in [4.69, 9.17) is 9.47 Å². The highest BCUT2D eigenvalue weighted by Gasteiger charge is 2.37. The second-order valence-electron chi connectivity index (χ2n) is 11.5. The predicted octanol–water partition coefficient (Wildman–Crippen LogP) is 4.77. The molecule has 3 aliphatic heterocycles. The minimum atomic E-state index is -1.37. The number of ether oxygens (including phenoxy) is 2. The summed E-state index contributed by atoms with van der Waals surface area (Å²) in [7, 11) is 0. The number of hydrogen-bond acceptors (Lipinski definition) is 6. The molecule has 3 fully saturated rings. The largest absolute Gasteiger partial charge is 0.489 e. The van der Waals surface area contributed by atoms with Gasteiger partial charge in [-0.05, 0) is 86.7 Å². The molecular formula is C33H37N3O6. The molecular weight excluding hydrogens is 534 g/mol. The van der Waals surface area contributed by atoms with Crippen molar-refractivity contribution in [2.24, 2.45) is 5.92 Å². The van der Waals surface area contributed by atoms with Gasteiger partial charge in [-0.3, -0.25) is 9.69 Å². The van der Waals surface area contributed by atoms with Gasteiger partial charge in [0.1, 0.15) is 24.0 Å². The molecule has 6 rings (SSSR count). The van der Waals surface area contributed by atoms with Crippen LogP contribution in [0.1, 0.15) is 59.8 Å². The van der Waals surface area contributed by atoms with E-state index in [-0.39, 0.29) is 12.7 Å². The summed E-state index contributed by atoms with van der Waals surface area (Å²) >= 11 is 0. The molecule has 3 N–H and O–H groups in total. The van der Waals surface area contributed by atoms with Crippen LogP contribution in [0.3, 0.4) is 0 Å². The molecule has 3 saturated heterocycles. The van der Waals surface area contributed by atoms with Crippen LogP contribution in [-0.2, 0) is 16.1 Å². The van der Waals surface area contributed by atoms with Crippen molar-refractivity contribution in [3.8, 4) is 5.75 Å². The number of alkyl carbamates (subject to hydrolysis) is 1. The van der Waals surface area contributed by atoms with E-state index in [0.29, 0.717) is 17.2 Å². The number of rotatable bonds is 10. The first-order valence-electron chi connectivity index (χ1n) is 14.3. The van der Waals surface area contributed by atoms with Gasteiger partial charge in [0.25, 0.3) is 5.91 Å². The van der Waals surface area contributed by atoms with Crippen LogP contribution in [0.2, 0.25) is 0 Å². The summed E-state index contributed by atoms with van der Waals surface area (Å²) in [6.45, 7) is 6.08. The highest BCUT2D eigenvalue weighted by Crippen LogP contribution is 2.30. The standard InChI is InChI=1S/C33H37N3O6/c1-33(2,31(38)39)35-30(37)25-13-11-22(12-14-25)21-41-27-10-6-9-26(19-27)29(24-7-4-3-5-8-24)34-32(40)42-28-20-36-17-15-23(28)16-18-36/h3-14,19,23,28-29H,15-18,20-21H2,1-2H3,(H,34,40)(H,35,37)(H,38,39)/t28-,29-/m0/s1. The molecule has 9 heteroatoms. The van der Waals surface area contributed by atoms with Gasteiger partial charge in [0, 0.05) is 12.1 Å². The molecule has 3 aromatic carbocycles. The van der Waals surface area contributed by atoms with E-state index in [0.717, 1.165) is 49.2 Å². The van der Waals surface area contributed by atoms with Crippen LogP contribution in [0.25, 0.3) is 0 Å². The summed E-state index contributed by atoms with van der Waals surface area (Å²) < 4.78 is 12.0. The quantitative estimate of drug-likeness (QED) is 0.321.